The SMILES string of the molecule is C#C.CC.CC.CCc1ccc(S)cc1. The Morgan fingerprint density at radius 2 is 1.27 bits per heavy atom. The second-order valence-electron chi connectivity index (χ2n) is 2.02. The van der Waals surface area contributed by atoms with Crippen LogP contribution < -0.4 is 0 Å². The van der Waals surface area contributed by atoms with Gasteiger partial charge in [0.15, 0.2) is 0 Å². The maximum Gasteiger partial charge on any atom is 0.00401 e. The molecule has 0 N–H and O–H groups in total. The number of aryl methyl sites for hydroxylation is 1. The third-order valence-electron chi connectivity index (χ3n) is 1.34. The lowest BCUT2D eigenvalue weighted by Crippen LogP contribution is -1.76. The van der Waals surface area contributed by atoms with E-state index < -0.39 is 0 Å². The molecule has 1 aromatic carbocycles. The van der Waals surface area contributed by atoms with Crippen LogP contribution >= 0.6 is 12.6 Å². The average molecular weight is 224 g/mol. The van der Waals surface area contributed by atoms with Crippen molar-refractivity contribution in [2.75, 3.05) is 0 Å². The van der Waals surface area contributed by atoms with E-state index in [1.165, 1.54) is 5.56 Å². The van der Waals surface area contributed by atoms with Crippen LogP contribution in [-0.4, -0.2) is 0 Å². The predicted molar refractivity (Wildman–Crippen MR) is 75.7 cm³/mol. The highest BCUT2D eigenvalue weighted by atomic mass is 32.1. The van der Waals surface area contributed by atoms with Gasteiger partial charge in [-0.25, -0.2) is 0 Å². The Morgan fingerprint density at radius 3 is 1.53 bits per heavy atom. The van der Waals surface area contributed by atoms with Gasteiger partial charge in [-0.3, -0.25) is 0 Å². The van der Waals surface area contributed by atoms with Gasteiger partial charge in [-0.05, 0) is 24.1 Å². The van der Waals surface area contributed by atoms with Gasteiger partial charge in [0, 0.05) is 4.90 Å². The number of terminal acetylenes is 1. The lowest BCUT2D eigenvalue weighted by Gasteiger charge is -1.93. The topological polar surface area (TPSA) is 0 Å². The second-order valence-corrected chi connectivity index (χ2v) is 2.54. The largest absolute Gasteiger partial charge is 0.143 e. The fourth-order valence-electron chi connectivity index (χ4n) is 0.732. The standard InChI is InChI=1S/C8H10S.2C2H6.C2H2/c1-2-7-3-5-8(9)6-4-7;3*1-2/h3-6,9H,2H2,1H3;2*1-2H3;1-2H. The fraction of sp³-hybridized carbons (Fsp3) is 0.429. The minimum atomic E-state index is 1.03. The molecular formula is C14H24S. The summed E-state index contributed by atoms with van der Waals surface area (Å²) in [6.07, 6.45) is 9.11. The fourth-order valence-corrected chi connectivity index (χ4v) is 0.881. The first-order valence-electron chi connectivity index (χ1n) is 5.44. The second kappa shape index (κ2) is 18.8. The van der Waals surface area contributed by atoms with Gasteiger partial charge in [-0.15, -0.1) is 25.5 Å². The highest BCUT2D eigenvalue weighted by Crippen LogP contribution is 2.07. The minimum absolute atomic E-state index is 1.03. The molecule has 0 atom stereocenters. The third-order valence-corrected chi connectivity index (χ3v) is 1.64. The number of benzene rings is 1. The molecule has 0 saturated heterocycles. The van der Waals surface area contributed by atoms with E-state index in [0.717, 1.165) is 11.3 Å². The summed E-state index contributed by atoms with van der Waals surface area (Å²) in [7, 11) is 0. The van der Waals surface area contributed by atoms with Crippen molar-refractivity contribution in [2.24, 2.45) is 0 Å². The first-order chi connectivity index (χ1) is 7.33. The number of thiol groups is 1. The lowest BCUT2D eigenvalue weighted by molar-refractivity contribution is 1.13. The molecule has 86 valence electrons. The van der Waals surface area contributed by atoms with E-state index in [2.05, 4.69) is 44.5 Å². The zero-order valence-electron chi connectivity index (χ0n) is 10.6. The summed E-state index contributed by atoms with van der Waals surface area (Å²) in [6, 6.07) is 8.23. The smallest absolute Gasteiger partial charge is 0.00401 e. The van der Waals surface area contributed by atoms with E-state index in [1.54, 1.807) is 0 Å². The molecule has 1 rings (SSSR count). The first-order valence-corrected chi connectivity index (χ1v) is 5.89. The molecule has 0 amide bonds. The molecule has 15 heavy (non-hydrogen) atoms. The Labute approximate surface area is 102 Å². The molecule has 0 aliphatic carbocycles. The molecule has 0 nitrogen and oxygen atoms in total. The molecule has 1 heteroatoms. The van der Waals surface area contributed by atoms with Crippen molar-refractivity contribution < 1.29 is 0 Å². The van der Waals surface area contributed by atoms with Crippen molar-refractivity contribution >= 4 is 12.6 Å². The van der Waals surface area contributed by atoms with E-state index in [4.69, 9.17) is 0 Å². The summed E-state index contributed by atoms with van der Waals surface area (Å²) in [5.41, 5.74) is 1.37. The maximum absolute atomic E-state index is 4.17. The highest BCUT2D eigenvalue weighted by Gasteiger charge is 1.85. The molecule has 0 aliphatic rings. The monoisotopic (exact) mass is 224 g/mol. The molecule has 0 saturated carbocycles. The maximum atomic E-state index is 4.17. The van der Waals surface area contributed by atoms with Gasteiger partial charge in [0.25, 0.3) is 0 Å². The molecule has 0 heterocycles. The quantitative estimate of drug-likeness (QED) is 0.512. The normalized spacial score (nSPS) is 6.67. The Bertz CT molecular complexity index is 209. The zero-order chi connectivity index (χ0) is 12.7. The van der Waals surface area contributed by atoms with E-state index in [9.17, 15) is 0 Å². The van der Waals surface area contributed by atoms with Crippen molar-refractivity contribution in [3.8, 4) is 12.8 Å². The summed E-state index contributed by atoms with van der Waals surface area (Å²) in [6.45, 7) is 10.1. The molecule has 0 unspecified atom stereocenters. The molecule has 0 radical (unpaired) electrons. The highest BCUT2D eigenvalue weighted by molar-refractivity contribution is 7.80. The van der Waals surface area contributed by atoms with Crippen LogP contribution in [0.3, 0.4) is 0 Å². The van der Waals surface area contributed by atoms with Crippen LogP contribution in [-0.2, 0) is 6.42 Å². The van der Waals surface area contributed by atoms with Crippen LogP contribution in [0.1, 0.15) is 40.2 Å². The Morgan fingerprint density at radius 1 is 0.933 bits per heavy atom. The average Bonchev–Trinajstić information content (AvgIpc) is 2.38. The van der Waals surface area contributed by atoms with E-state index in [1.807, 2.05) is 39.8 Å². The number of rotatable bonds is 1. The van der Waals surface area contributed by atoms with Crippen LogP contribution in [0.5, 0.6) is 0 Å². The number of hydrogen-bond acceptors (Lipinski definition) is 1. The van der Waals surface area contributed by atoms with E-state index >= 15 is 0 Å². The molecule has 0 spiro atoms. The van der Waals surface area contributed by atoms with Crippen LogP contribution in [0, 0.1) is 12.8 Å². The van der Waals surface area contributed by atoms with Crippen LogP contribution in [0.4, 0.5) is 0 Å². The zero-order valence-corrected chi connectivity index (χ0v) is 11.5. The minimum Gasteiger partial charge on any atom is -0.143 e. The predicted octanol–water partition coefficient (Wildman–Crippen LogP) is 4.84. The summed E-state index contributed by atoms with van der Waals surface area (Å²) in [5.74, 6) is 0. The molecule has 0 fully saturated rings. The Hall–Kier alpha value is -0.870. The molecular weight excluding hydrogens is 200 g/mol. The number of hydrogen-bond donors (Lipinski definition) is 1. The Balaban J connectivity index is -0.000000208. The van der Waals surface area contributed by atoms with E-state index in [-0.39, 0.29) is 0 Å². The lowest BCUT2D eigenvalue weighted by atomic mass is 10.2. The summed E-state index contributed by atoms with van der Waals surface area (Å²) < 4.78 is 0. The van der Waals surface area contributed by atoms with Crippen molar-refractivity contribution in [1.29, 1.82) is 0 Å². The first kappa shape index (κ1) is 19.7. The van der Waals surface area contributed by atoms with Gasteiger partial charge in [0.05, 0.1) is 0 Å². The van der Waals surface area contributed by atoms with Crippen molar-refractivity contribution in [3.63, 3.8) is 0 Å². The van der Waals surface area contributed by atoms with Gasteiger partial charge in [-0.1, -0.05) is 46.8 Å². The molecule has 0 bridgehead atoms. The van der Waals surface area contributed by atoms with E-state index in [0.29, 0.717) is 0 Å². The van der Waals surface area contributed by atoms with Crippen molar-refractivity contribution in [2.45, 2.75) is 45.9 Å². The van der Waals surface area contributed by atoms with Crippen LogP contribution in [0.25, 0.3) is 0 Å². The van der Waals surface area contributed by atoms with Gasteiger partial charge in [0.2, 0.25) is 0 Å². The van der Waals surface area contributed by atoms with Gasteiger partial charge < -0.3 is 0 Å². The third kappa shape index (κ3) is 13.1. The van der Waals surface area contributed by atoms with Crippen LogP contribution in [0.15, 0.2) is 29.2 Å². The van der Waals surface area contributed by atoms with Gasteiger partial charge >= 0.3 is 0 Å². The van der Waals surface area contributed by atoms with Gasteiger partial charge in [0.1, 0.15) is 0 Å². The summed E-state index contributed by atoms with van der Waals surface area (Å²) in [4.78, 5) is 1.03. The summed E-state index contributed by atoms with van der Waals surface area (Å²) >= 11 is 4.17. The van der Waals surface area contributed by atoms with Crippen molar-refractivity contribution in [1.82, 2.24) is 0 Å². The molecule has 0 aromatic heterocycles. The Kier molecular flexibility index (Phi) is 24.7. The molecule has 0 aliphatic heterocycles. The molecule has 1 aromatic rings. The van der Waals surface area contributed by atoms with Gasteiger partial charge in [-0.2, -0.15) is 0 Å². The van der Waals surface area contributed by atoms with Crippen molar-refractivity contribution in [3.05, 3.63) is 29.8 Å². The summed E-state index contributed by atoms with van der Waals surface area (Å²) in [5, 5.41) is 0. The van der Waals surface area contributed by atoms with Crippen LogP contribution in [0.2, 0.25) is 0 Å².